The monoisotopic (exact) mass is 340 g/mol. The molecule has 2 amide bonds. The van der Waals surface area contributed by atoms with E-state index in [1.807, 2.05) is 20.8 Å². The van der Waals surface area contributed by atoms with Gasteiger partial charge in [0, 0.05) is 44.7 Å². The van der Waals surface area contributed by atoms with Crippen LogP contribution < -0.4 is 21.7 Å². The molecule has 138 valence electrons. The maximum absolute atomic E-state index is 11.8. The van der Waals surface area contributed by atoms with Crippen LogP contribution in [0.2, 0.25) is 0 Å². The quantitative estimate of drug-likeness (QED) is 0.289. The lowest BCUT2D eigenvalue weighted by atomic mass is 9.96. The lowest BCUT2D eigenvalue weighted by Crippen LogP contribution is -2.50. The number of carbonyl (C=O) groups excluding carboxylic acids is 2. The molecule has 0 unspecified atom stereocenters. The van der Waals surface area contributed by atoms with Crippen molar-refractivity contribution in [3.8, 4) is 0 Å². The highest BCUT2D eigenvalue weighted by Crippen LogP contribution is 2.12. The van der Waals surface area contributed by atoms with Gasteiger partial charge in [0.25, 0.3) is 0 Å². The van der Waals surface area contributed by atoms with Crippen molar-refractivity contribution in [3.05, 3.63) is 0 Å². The van der Waals surface area contributed by atoms with Gasteiger partial charge in [0.1, 0.15) is 0 Å². The van der Waals surface area contributed by atoms with Gasteiger partial charge in [-0.05, 0) is 12.8 Å². The van der Waals surface area contributed by atoms with Crippen molar-refractivity contribution in [2.24, 2.45) is 16.1 Å². The highest BCUT2D eigenvalue weighted by Gasteiger charge is 2.21. The SMILES string of the molecule is CN=C(NCCNC(=O)C(C)(C)C)NC1CCN(CC(N)=O)CC1. The molecule has 1 saturated heterocycles. The van der Waals surface area contributed by atoms with Gasteiger partial charge in [-0.3, -0.25) is 19.5 Å². The molecule has 24 heavy (non-hydrogen) atoms. The Kier molecular flexibility index (Phi) is 7.97. The molecule has 0 aliphatic carbocycles. The highest BCUT2D eigenvalue weighted by atomic mass is 16.2. The molecule has 0 spiro atoms. The van der Waals surface area contributed by atoms with E-state index in [1.54, 1.807) is 7.05 Å². The van der Waals surface area contributed by atoms with Crippen LogP contribution in [0.3, 0.4) is 0 Å². The van der Waals surface area contributed by atoms with E-state index in [0.717, 1.165) is 31.9 Å². The molecule has 1 aliphatic rings. The Morgan fingerprint density at radius 2 is 1.75 bits per heavy atom. The molecule has 1 fully saturated rings. The topological polar surface area (TPSA) is 112 Å². The average Bonchev–Trinajstić information content (AvgIpc) is 2.50. The Hall–Kier alpha value is -1.83. The molecular formula is C16H32N6O2. The predicted octanol–water partition coefficient (Wildman–Crippen LogP) is -0.737. The van der Waals surface area contributed by atoms with Gasteiger partial charge in [0.05, 0.1) is 6.54 Å². The van der Waals surface area contributed by atoms with E-state index in [2.05, 4.69) is 25.8 Å². The lowest BCUT2D eigenvalue weighted by molar-refractivity contribution is -0.128. The zero-order chi connectivity index (χ0) is 18.2. The zero-order valence-electron chi connectivity index (χ0n) is 15.3. The number of hydrogen-bond donors (Lipinski definition) is 4. The average molecular weight is 340 g/mol. The van der Waals surface area contributed by atoms with Gasteiger partial charge in [-0.25, -0.2) is 0 Å². The normalized spacial score (nSPS) is 17.4. The molecule has 0 aromatic rings. The molecule has 8 heteroatoms. The third kappa shape index (κ3) is 7.63. The Morgan fingerprint density at radius 1 is 1.17 bits per heavy atom. The first kappa shape index (κ1) is 20.2. The van der Waals surface area contributed by atoms with Crippen molar-refractivity contribution in [2.75, 3.05) is 39.8 Å². The first-order valence-corrected chi connectivity index (χ1v) is 8.48. The summed E-state index contributed by atoms with van der Waals surface area (Å²) in [7, 11) is 1.73. The molecular weight excluding hydrogens is 308 g/mol. The first-order chi connectivity index (χ1) is 11.2. The van der Waals surface area contributed by atoms with Crippen molar-refractivity contribution < 1.29 is 9.59 Å². The minimum atomic E-state index is -0.376. The molecule has 0 saturated carbocycles. The maximum Gasteiger partial charge on any atom is 0.231 e. The van der Waals surface area contributed by atoms with Crippen molar-refractivity contribution in [1.29, 1.82) is 0 Å². The number of piperidine rings is 1. The van der Waals surface area contributed by atoms with Crippen LogP contribution in [0.1, 0.15) is 33.6 Å². The smallest absolute Gasteiger partial charge is 0.231 e. The van der Waals surface area contributed by atoms with Crippen LogP contribution in [0.25, 0.3) is 0 Å². The van der Waals surface area contributed by atoms with E-state index >= 15 is 0 Å². The summed E-state index contributed by atoms with van der Waals surface area (Å²) < 4.78 is 0. The summed E-state index contributed by atoms with van der Waals surface area (Å²) >= 11 is 0. The molecule has 1 heterocycles. The molecule has 8 nitrogen and oxygen atoms in total. The number of rotatable bonds is 6. The number of guanidine groups is 1. The van der Waals surface area contributed by atoms with E-state index in [9.17, 15) is 9.59 Å². The third-order valence-electron chi connectivity index (χ3n) is 3.92. The second-order valence-electron chi connectivity index (χ2n) is 7.17. The van der Waals surface area contributed by atoms with Crippen molar-refractivity contribution >= 4 is 17.8 Å². The summed E-state index contributed by atoms with van der Waals surface area (Å²) in [5, 5.41) is 9.48. The van der Waals surface area contributed by atoms with Crippen LogP contribution in [0.4, 0.5) is 0 Å². The van der Waals surface area contributed by atoms with E-state index in [4.69, 9.17) is 5.73 Å². The number of likely N-dealkylation sites (tertiary alicyclic amines) is 1. The second-order valence-corrected chi connectivity index (χ2v) is 7.17. The van der Waals surface area contributed by atoms with Gasteiger partial charge in [-0.1, -0.05) is 20.8 Å². The predicted molar refractivity (Wildman–Crippen MR) is 95.6 cm³/mol. The van der Waals surface area contributed by atoms with E-state index < -0.39 is 0 Å². The summed E-state index contributed by atoms with van der Waals surface area (Å²) in [5.41, 5.74) is 4.84. The molecule has 1 rings (SSSR count). The second kappa shape index (κ2) is 9.46. The number of nitrogens with zero attached hydrogens (tertiary/aromatic N) is 2. The Bertz CT molecular complexity index is 450. The van der Waals surface area contributed by atoms with Gasteiger partial charge in [-0.15, -0.1) is 0 Å². The van der Waals surface area contributed by atoms with Crippen LogP contribution in [0.5, 0.6) is 0 Å². The Labute approximate surface area is 144 Å². The standard InChI is InChI=1S/C16H32N6O2/c1-16(2,3)14(24)19-7-8-20-15(18-4)21-12-5-9-22(10-6-12)11-13(17)23/h12H,5-11H2,1-4H3,(H2,17,23)(H,19,24)(H2,18,20,21). The lowest BCUT2D eigenvalue weighted by Gasteiger charge is -2.32. The fourth-order valence-corrected chi connectivity index (χ4v) is 2.47. The van der Waals surface area contributed by atoms with Gasteiger partial charge in [-0.2, -0.15) is 0 Å². The van der Waals surface area contributed by atoms with E-state index in [0.29, 0.717) is 25.7 Å². The van der Waals surface area contributed by atoms with Crippen molar-refractivity contribution in [2.45, 2.75) is 39.7 Å². The van der Waals surface area contributed by atoms with Crippen LogP contribution >= 0.6 is 0 Å². The van der Waals surface area contributed by atoms with E-state index in [-0.39, 0.29) is 17.2 Å². The summed E-state index contributed by atoms with van der Waals surface area (Å²) in [6.07, 6.45) is 1.88. The van der Waals surface area contributed by atoms with Crippen LogP contribution in [0.15, 0.2) is 4.99 Å². The molecule has 1 aliphatic heterocycles. The minimum Gasteiger partial charge on any atom is -0.369 e. The molecule has 0 atom stereocenters. The molecule has 0 radical (unpaired) electrons. The first-order valence-electron chi connectivity index (χ1n) is 8.48. The number of hydrogen-bond acceptors (Lipinski definition) is 4. The molecule has 0 bridgehead atoms. The fourth-order valence-electron chi connectivity index (χ4n) is 2.47. The number of aliphatic imine (C=N–C) groups is 1. The minimum absolute atomic E-state index is 0.0362. The Morgan fingerprint density at radius 3 is 2.25 bits per heavy atom. The largest absolute Gasteiger partial charge is 0.369 e. The van der Waals surface area contributed by atoms with Crippen molar-refractivity contribution in [3.63, 3.8) is 0 Å². The number of primary amides is 1. The van der Waals surface area contributed by atoms with Gasteiger partial charge in [0.2, 0.25) is 11.8 Å². The molecule has 0 aromatic heterocycles. The van der Waals surface area contributed by atoms with Crippen LogP contribution in [0, 0.1) is 5.41 Å². The maximum atomic E-state index is 11.8. The van der Waals surface area contributed by atoms with E-state index in [1.165, 1.54) is 0 Å². The zero-order valence-corrected chi connectivity index (χ0v) is 15.3. The molecule has 5 N–H and O–H groups in total. The van der Waals surface area contributed by atoms with Gasteiger partial charge in [0.15, 0.2) is 5.96 Å². The summed E-state index contributed by atoms with van der Waals surface area (Å²) in [4.78, 5) is 29.0. The van der Waals surface area contributed by atoms with Crippen LogP contribution in [-0.4, -0.2) is 68.5 Å². The number of carbonyl (C=O) groups is 2. The van der Waals surface area contributed by atoms with Crippen molar-refractivity contribution in [1.82, 2.24) is 20.9 Å². The van der Waals surface area contributed by atoms with Crippen LogP contribution in [-0.2, 0) is 9.59 Å². The summed E-state index contributed by atoms with van der Waals surface area (Å²) in [6, 6.07) is 0.324. The fraction of sp³-hybridized carbons (Fsp3) is 0.812. The van der Waals surface area contributed by atoms with Gasteiger partial charge >= 0.3 is 0 Å². The highest BCUT2D eigenvalue weighted by molar-refractivity contribution is 5.82. The Balaban J connectivity index is 2.24. The summed E-state index contributed by atoms with van der Waals surface area (Å²) in [5.74, 6) is 0.485. The molecule has 0 aromatic carbocycles. The van der Waals surface area contributed by atoms with Gasteiger partial charge < -0.3 is 21.7 Å². The number of nitrogens with two attached hydrogens (primary N) is 1. The summed E-state index contributed by atoms with van der Waals surface area (Å²) in [6.45, 7) is 8.85. The number of amides is 2. The third-order valence-corrected chi connectivity index (χ3v) is 3.92. The number of nitrogens with one attached hydrogen (secondary N) is 3.